The molecule has 16 heavy (non-hydrogen) atoms. The lowest BCUT2D eigenvalue weighted by molar-refractivity contribution is -0.146. The molecule has 1 aromatic heterocycles. The maximum atomic E-state index is 11.5. The van der Waals surface area contributed by atoms with Gasteiger partial charge in [0.2, 0.25) is 0 Å². The number of aliphatic carboxylic acids is 1. The summed E-state index contributed by atoms with van der Waals surface area (Å²) >= 11 is 0. The normalized spacial score (nSPS) is 11.2. The van der Waals surface area contributed by atoms with Gasteiger partial charge in [-0.3, -0.25) is 9.59 Å². The van der Waals surface area contributed by atoms with Crippen molar-refractivity contribution < 1.29 is 9.90 Å². The summed E-state index contributed by atoms with van der Waals surface area (Å²) in [5.41, 5.74) is -1.22. The molecule has 0 fully saturated rings. The molecule has 0 aliphatic carbocycles. The lowest BCUT2D eigenvalue weighted by Crippen LogP contribution is -2.34. The zero-order valence-electron chi connectivity index (χ0n) is 9.52. The van der Waals surface area contributed by atoms with E-state index in [1.165, 1.54) is 17.0 Å². The highest BCUT2D eigenvalue weighted by molar-refractivity contribution is 5.74. The minimum Gasteiger partial charge on any atom is -0.481 e. The van der Waals surface area contributed by atoms with Crippen LogP contribution in [0.1, 0.15) is 13.8 Å². The summed E-state index contributed by atoms with van der Waals surface area (Å²) in [6.07, 6.45) is 3.02. The van der Waals surface area contributed by atoms with Crippen molar-refractivity contribution in [1.82, 2.24) is 9.55 Å². The van der Waals surface area contributed by atoms with Crippen molar-refractivity contribution in [2.24, 2.45) is 12.5 Å². The number of hydrogen-bond acceptors (Lipinski definition) is 4. The Labute approximate surface area is 92.9 Å². The second-order valence-corrected chi connectivity index (χ2v) is 4.23. The molecule has 0 aliphatic rings. The molecule has 0 radical (unpaired) electrons. The van der Waals surface area contributed by atoms with E-state index < -0.39 is 11.4 Å². The van der Waals surface area contributed by atoms with Crippen molar-refractivity contribution in [1.29, 1.82) is 0 Å². The topological polar surface area (TPSA) is 84.2 Å². The van der Waals surface area contributed by atoms with Crippen molar-refractivity contribution in [3.63, 3.8) is 0 Å². The third-order valence-electron chi connectivity index (χ3n) is 2.29. The van der Waals surface area contributed by atoms with E-state index in [2.05, 4.69) is 10.3 Å². The highest BCUT2D eigenvalue weighted by Crippen LogP contribution is 2.14. The van der Waals surface area contributed by atoms with Crippen molar-refractivity contribution in [3.05, 3.63) is 22.7 Å². The van der Waals surface area contributed by atoms with E-state index in [-0.39, 0.29) is 17.9 Å². The lowest BCUT2D eigenvalue weighted by Gasteiger charge is -2.19. The number of aryl methyl sites for hydroxylation is 1. The second-order valence-electron chi connectivity index (χ2n) is 4.23. The predicted octanol–water partition coefficient (Wildman–Crippen LogP) is 0.303. The third-order valence-corrected chi connectivity index (χ3v) is 2.29. The number of nitrogens with one attached hydrogen (secondary N) is 1. The van der Waals surface area contributed by atoms with Gasteiger partial charge in [-0.25, -0.2) is 4.98 Å². The largest absolute Gasteiger partial charge is 0.481 e. The van der Waals surface area contributed by atoms with E-state index in [9.17, 15) is 9.59 Å². The number of rotatable bonds is 4. The zero-order chi connectivity index (χ0) is 12.3. The summed E-state index contributed by atoms with van der Waals surface area (Å²) in [5.74, 6) is -0.757. The minimum atomic E-state index is -0.942. The standard InChI is InChI=1S/C10H15N3O3/c1-10(2,9(15)16)6-12-7-8(14)13(3)5-4-11-7/h4-5H,6H2,1-3H3,(H,11,12)(H,15,16). The van der Waals surface area contributed by atoms with Crippen LogP contribution in [0.3, 0.4) is 0 Å². The molecule has 0 aromatic carbocycles. The van der Waals surface area contributed by atoms with Crippen LogP contribution in [-0.4, -0.2) is 27.2 Å². The molecule has 0 bridgehead atoms. The Morgan fingerprint density at radius 1 is 1.62 bits per heavy atom. The van der Waals surface area contributed by atoms with Crippen molar-refractivity contribution in [2.45, 2.75) is 13.8 Å². The van der Waals surface area contributed by atoms with Crippen LogP contribution in [0.25, 0.3) is 0 Å². The smallest absolute Gasteiger partial charge is 0.310 e. The molecular weight excluding hydrogens is 210 g/mol. The number of carboxylic acids is 1. The monoisotopic (exact) mass is 225 g/mol. The van der Waals surface area contributed by atoms with E-state index in [1.807, 2.05) is 0 Å². The first-order chi connectivity index (χ1) is 7.34. The zero-order valence-corrected chi connectivity index (χ0v) is 9.52. The first kappa shape index (κ1) is 12.2. The van der Waals surface area contributed by atoms with Gasteiger partial charge in [0.15, 0.2) is 5.82 Å². The summed E-state index contributed by atoms with van der Waals surface area (Å²) in [7, 11) is 1.61. The average Bonchev–Trinajstić information content (AvgIpc) is 2.20. The van der Waals surface area contributed by atoms with Crippen LogP contribution >= 0.6 is 0 Å². The SMILES string of the molecule is Cn1ccnc(NCC(C)(C)C(=O)O)c1=O. The fourth-order valence-electron chi connectivity index (χ4n) is 0.999. The average molecular weight is 225 g/mol. The Bertz CT molecular complexity index is 451. The van der Waals surface area contributed by atoms with Crippen LogP contribution in [0.5, 0.6) is 0 Å². The first-order valence-corrected chi connectivity index (χ1v) is 4.83. The van der Waals surface area contributed by atoms with E-state index in [1.54, 1.807) is 20.9 Å². The summed E-state index contributed by atoms with van der Waals surface area (Å²) < 4.78 is 1.38. The molecule has 6 heteroatoms. The summed E-state index contributed by atoms with van der Waals surface area (Å²) in [4.78, 5) is 26.3. The van der Waals surface area contributed by atoms with Crippen molar-refractivity contribution in [3.8, 4) is 0 Å². The van der Waals surface area contributed by atoms with E-state index in [0.29, 0.717) is 0 Å². The van der Waals surface area contributed by atoms with Crippen molar-refractivity contribution >= 4 is 11.8 Å². The van der Waals surface area contributed by atoms with Gasteiger partial charge in [0, 0.05) is 26.0 Å². The predicted molar refractivity (Wildman–Crippen MR) is 59.4 cm³/mol. The molecule has 0 spiro atoms. The van der Waals surface area contributed by atoms with Gasteiger partial charge in [-0.15, -0.1) is 0 Å². The van der Waals surface area contributed by atoms with Crippen LogP contribution in [-0.2, 0) is 11.8 Å². The Balaban J connectivity index is 2.80. The fourth-order valence-corrected chi connectivity index (χ4v) is 0.999. The first-order valence-electron chi connectivity index (χ1n) is 4.83. The van der Waals surface area contributed by atoms with Crippen LogP contribution in [0, 0.1) is 5.41 Å². The summed E-state index contributed by atoms with van der Waals surface area (Å²) in [6.45, 7) is 3.31. The van der Waals surface area contributed by atoms with E-state index in [0.717, 1.165) is 0 Å². The van der Waals surface area contributed by atoms with E-state index >= 15 is 0 Å². The van der Waals surface area contributed by atoms with Gasteiger partial charge < -0.3 is 15.0 Å². The van der Waals surface area contributed by atoms with Gasteiger partial charge in [0.1, 0.15) is 0 Å². The van der Waals surface area contributed by atoms with Crippen LogP contribution in [0.15, 0.2) is 17.2 Å². The third kappa shape index (κ3) is 2.59. The van der Waals surface area contributed by atoms with Gasteiger partial charge in [-0.1, -0.05) is 0 Å². The molecule has 0 atom stereocenters. The minimum absolute atomic E-state index is 0.147. The Morgan fingerprint density at radius 2 is 2.25 bits per heavy atom. The van der Waals surface area contributed by atoms with Gasteiger partial charge in [-0.05, 0) is 13.8 Å². The Kier molecular flexibility index (Phi) is 3.31. The molecule has 88 valence electrons. The number of anilines is 1. The Morgan fingerprint density at radius 3 is 2.81 bits per heavy atom. The van der Waals surface area contributed by atoms with Crippen LogP contribution in [0.4, 0.5) is 5.82 Å². The number of carboxylic acid groups (broad SMARTS) is 1. The molecule has 1 heterocycles. The maximum absolute atomic E-state index is 11.5. The molecule has 0 saturated heterocycles. The second kappa shape index (κ2) is 4.34. The molecule has 1 aromatic rings. The van der Waals surface area contributed by atoms with Gasteiger partial charge in [0.25, 0.3) is 5.56 Å². The maximum Gasteiger partial charge on any atom is 0.310 e. The molecule has 0 saturated carbocycles. The number of nitrogens with zero attached hydrogens (tertiary/aromatic N) is 2. The van der Waals surface area contributed by atoms with E-state index in [4.69, 9.17) is 5.11 Å². The number of carbonyl (C=O) groups is 1. The quantitative estimate of drug-likeness (QED) is 0.770. The molecule has 0 unspecified atom stereocenters. The molecular formula is C10H15N3O3. The molecule has 1 rings (SSSR count). The lowest BCUT2D eigenvalue weighted by atomic mass is 9.94. The highest BCUT2D eigenvalue weighted by Gasteiger charge is 2.27. The molecule has 0 amide bonds. The number of hydrogen-bond donors (Lipinski definition) is 2. The van der Waals surface area contributed by atoms with Gasteiger partial charge in [-0.2, -0.15) is 0 Å². The molecule has 2 N–H and O–H groups in total. The summed E-state index contributed by atoms with van der Waals surface area (Å²) in [6, 6.07) is 0. The fraction of sp³-hybridized carbons (Fsp3) is 0.500. The van der Waals surface area contributed by atoms with Gasteiger partial charge in [0.05, 0.1) is 5.41 Å². The van der Waals surface area contributed by atoms with Crippen LogP contribution < -0.4 is 10.9 Å². The Hall–Kier alpha value is -1.85. The summed E-state index contributed by atoms with van der Waals surface area (Å²) in [5, 5.41) is 11.6. The van der Waals surface area contributed by atoms with Gasteiger partial charge >= 0.3 is 5.97 Å². The van der Waals surface area contributed by atoms with Crippen LogP contribution in [0.2, 0.25) is 0 Å². The molecule has 6 nitrogen and oxygen atoms in total. The number of aromatic nitrogens is 2. The van der Waals surface area contributed by atoms with Crippen molar-refractivity contribution in [2.75, 3.05) is 11.9 Å². The highest BCUT2D eigenvalue weighted by atomic mass is 16.4. The molecule has 0 aliphatic heterocycles.